The molecule has 4 aliphatic carbocycles. The Morgan fingerprint density at radius 3 is 2.57 bits per heavy atom. The first-order chi connectivity index (χ1) is 14.2. The molecule has 2 saturated carbocycles. The fourth-order valence-electron chi connectivity index (χ4n) is 7.29. The van der Waals surface area contributed by atoms with Crippen LogP contribution in [0.4, 0.5) is 0 Å². The zero-order valence-electron chi connectivity index (χ0n) is 19.1. The van der Waals surface area contributed by atoms with Gasteiger partial charge in [0.05, 0.1) is 13.5 Å². The molecule has 0 spiro atoms. The highest BCUT2D eigenvalue weighted by molar-refractivity contribution is 5.72. The van der Waals surface area contributed by atoms with Gasteiger partial charge in [-0.25, -0.2) is 0 Å². The van der Waals surface area contributed by atoms with Gasteiger partial charge in [-0.2, -0.15) is 0 Å². The van der Waals surface area contributed by atoms with E-state index in [4.69, 9.17) is 9.47 Å². The summed E-state index contributed by atoms with van der Waals surface area (Å²) in [7, 11) is 1.46. The molecule has 0 aliphatic heterocycles. The third-order valence-electron chi connectivity index (χ3n) is 8.83. The van der Waals surface area contributed by atoms with Crippen LogP contribution in [0.25, 0.3) is 0 Å². The summed E-state index contributed by atoms with van der Waals surface area (Å²) in [6.45, 7) is 8.47. The first kappa shape index (κ1) is 21.4. The number of methoxy groups -OCH3 is 1. The molecule has 6 atom stereocenters. The fourth-order valence-corrected chi connectivity index (χ4v) is 7.29. The second-order valence-corrected chi connectivity index (χ2v) is 10.4. The SMILES string of the molecule is COC(=O)C/C(C)=C1\C=CC2C3CC=C4CC(OC(C)=O)CCC4(C)C3CCC12C. The molecule has 0 aromatic heterocycles. The molecule has 164 valence electrons. The number of hydrogen-bond donors (Lipinski definition) is 0. The number of esters is 2. The van der Waals surface area contributed by atoms with Crippen LogP contribution in [-0.4, -0.2) is 25.2 Å². The van der Waals surface area contributed by atoms with Crippen LogP contribution >= 0.6 is 0 Å². The molecule has 4 heteroatoms. The number of carbonyl (C=O) groups excluding carboxylic acids is 2. The number of rotatable bonds is 3. The quantitative estimate of drug-likeness (QED) is 0.451. The van der Waals surface area contributed by atoms with E-state index in [0.29, 0.717) is 24.2 Å². The molecule has 0 N–H and O–H groups in total. The summed E-state index contributed by atoms with van der Waals surface area (Å²) in [5.74, 6) is 1.53. The van der Waals surface area contributed by atoms with Gasteiger partial charge in [0, 0.05) is 13.3 Å². The molecule has 4 rings (SSSR count). The second-order valence-electron chi connectivity index (χ2n) is 10.4. The lowest BCUT2D eigenvalue weighted by atomic mass is 9.47. The molecule has 6 unspecified atom stereocenters. The van der Waals surface area contributed by atoms with Crippen LogP contribution in [-0.2, 0) is 19.1 Å². The first-order valence-electron chi connectivity index (χ1n) is 11.5. The van der Waals surface area contributed by atoms with Crippen molar-refractivity contribution in [2.75, 3.05) is 7.11 Å². The largest absolute Gasteiger partial charge is 0.469 e. The third-order valence-corrected chi connectivity index (χ3v) is 8.83. The maximum Gasteiger partial charge on any atom is 0.309 e. The van der Waals surface area contributed by atoms with Gasteiger partial charge in [-0.1, -0.05) is 43.2 Å². The fraction of sp³-hybridized carbons (Fsp3) is 0.692. The van der Waals surface area contributed by atoms with E-state index in [0.717, 1.165) is 37.7 Å². The van der Waals surface area contributed by atoms with Gasteiger partial charge in [0.1, 0.15) is 6.10 Å². The monoisotopic (exact) mass is 412 g/mol. The van der Waals surface area contributed by atoms with Crippen LogP contribution in [0.15, 0.2) is 34.9 Å². The average Bonchev–Trinajstić information content (AvgIpc) is 3.05. The summed E-state index contributed by atoms with van der Waals surface area (Å²) in [5, 5.41) is 0. The summed E-state index contributed by atoms with van der Waals surface area (Å²) in [5.41, 5.74) is 4.37. The Labute approximate surface area is 180 Å². The first-order valence-corrected chi connectivity index (χ1v) is 11.5. The zero-order valence-corrected chi connectivity index (χ0v) is 19.1. The molecule has 0 saturated heterocycles. The molecule has 0 bridgehead atoms. The van der Waals surface area contributed by atoms with Crippen LogP contribution in [0.2, 0.25) is 0 Å². The second kappa shape index (κ2) is 7.69. The Morgan fingerprint density at radius 1 is 1.13 bits per heavy atom. The van der Waals surface area contributed by atoms with E-state index in [1.165, 1.54) is 31.6 Å². The molecule has 0 aromatic carbocycles. The molecule has 4 nitrogen and oxygen atoms in total. The van der Waals surface area contributed by atoms with Crippen molar-refractivity contribution in [3.8, 4) is 0 Å². The summed E-state index contributed by atoms with van der Waals surface area (Å²) in [4.78, 5) is 23.3. The van der Waals surface area contributed by atoms with Crippen molar-refractivity contribution < 1.29 is 19.1 Å². The molecule has 0 radical (unpaired) electrons. The highest BCUT2D eigenvalue weighted by Crippen LogP contribution is 2.64. The molecule has 0 amide bonds. The summed E-state index contributed by atoms with van der Waals surface area (Å²) in [6.07, 6.45) is 14.1. The lowest BCUT2D eigenvalue weighted by Gasteiger charge is -2.57. The van der Waals surface area contributed by atoms with Crippen molar-refractivity contribution >= 4 is 11.9 Å². The predicted octanol–water partition coefficient (Wildman–Crippen LogP) is 5.54. The average molecular weight is 413 g/mol. The van der Waals surface area contributed by atoms with E-state index in [1.807, 2.05) is 0 Å². The normalized spacial score (nSPS) is 41.2. The molecule has 4 aliphatic rings. The number of hydrogen-bond acceptors (Lipinski definition) is 4. The Bertz CT molecular complexity index is 834. The smallest absolute Gasteiger partial charge is 0.309 e. The number of fused-ring (bicyclic) bond motifs is 5. The van der Waals surface area contributed by atoms with Gasteiger partial charge >= 0.3 is 11.9 Å². The van der Waals surface area contributed by atoms with Crippen LogP contribution in [0.3, 0.4) is 0 Å². The van der Waals surface area contributed by atoms with Gasteiger partial charge in [-0.15, -0.1) is 0 Å². The Balaban J connectivity index is 1.58. The van der Waals surface area contributed by atoms with Crippen LogP contribution in [0.5, 0.6) is 0 Å². The summed E-state index contributed by atoms with van der Waals surface area (Å²) >= 11 is 0. The summed E-state index contributed by atoms with van der Waals surface area (Å²) < 4.78 is 10.5. The van der Waals surface area contributed by atoms with E-state index < -0.39 is 0 Å². The van der Waals surface area contributed by atoms with Crippen molar-refractivity contribution in [2.45, 2.75) is 78.7 Å². The molecule has 0 aromatic rings. The molecular weight excluding hydrogens is 376 g/mol. The predicted molar refractivity (Wildman–Crippen MR) is 116 cm³/mol. The number of ether oxygens (including phenoxy) is 2. The maximum atomic E-state index is 11.8. The number of allylic oxidation sites excluding steroid dienone is 4. The van der Waals surface area contributed by atoms with Crippen LogP contribution in [0, 0.1) is 28.6 Å². The number of carbonyl (C=O) groups is 2. The molecule has 30 heavy (non-hydrogen) atoms. The lowest BCUT2D eigenvalue weighted by molar-refractivity contribution is -0.148. The lowest BCUT2D eigenvalue weighted by Crippen LogP contribution is -2.50. The van der Waals surface area contributed by atoms with Crippen molar-refractivity contribution in [1.29, 1.82) is 0 Å². The van der Waals surface area contributed by atoms with E-state index >= 15 is 0 Å². The van der Waals surface area contributed by atoms with Crippen LogP contribution in [0.1, 0.15) is 72.6 Å². The Morgan fingerprint density at radius 2 is 1.87 bits per heavy atom. The van der Waals surface area contributed by atoms with Gasteiger partial charge in [0.15, 0.2) is 0 Å². The minimum Gasteiger partial charge on any atom is -0.469 e. The van der Waals surface area contributed by atoms with Crippen molar-refractivity contribution in [3.05, 3.63) is 34.9 Å². The van der Waals surface area contributed by atoms with E-state index in [-0.39, 0.29) is 28.9 Å². The van der Waals surface area contributed by atoms with Gasteiger partial charge in [-0.05, 0) is 73.2 Å². The van der Waals surface area contributed by atoms with Gasteiger partial charge in [-0.3, -0.25) is 9.59 Å². The maximum absolute atomic E-state index is 11.8. The third kappa shape index (κ3) is 3.36. The highest BCUT2D eigenvalue weighted by Gasteiger charge is 2.56. The van der Waals surface area contributed by atoms with E-state index in [9.17, 15) is 9.59 Å². The van der Waals surface area contributed by atoms with Crippen molar-refractivity contribution in [2.24, 2.45) is 28.6 Å². The zero-order chi connectivity index (χ0) is 21.7. The van der Waals surface area contributed by atoms with Gasteiger partial charge in [0.25, 0.3) is 0 Å². The van der Waals surface area contributed by atoms with E-state index in [1.54, 1.807) is 0 Å². The van der Waals surface area contributed by atoms with Gasteiger partial charge < -0.3 is 9.47 Å². The topological polar surface area (TPSA) is 52.6 Å². The van der Waals surface area contributed by atoms with Crippen LogP contribution < -0.4 is 0 Å². The standard InChI is InChI=1S/C26H36O4/c1-16(14-24(28)29-5)21-8-9-22-20-7-6-18-15-19(30-17(2)27)10-12-25(18,3)23(20)11-13-26(21,22)4/h6,8-9,19-20,22-23H,7,10-15H2,1-5H3/b21-16+. The minimum absolute atomic E-state index is 0.0501. The Hall–Kier alpha value is -1.84. The molecule has 2 fully saturated rings. The van der Waals surface area contributed by atoms with Crippen molar-refractivity contribution in [1.82, 2.24) is 0 Å². The minimum atomic E-state index is -0.163. The highest BCUT2D eigenvalue weighted by atomic mass is 16.5. The summed E-state index contributed by atoms with van der Waals surface area (Å²) in [6, 6.07) is 0. The van der Waals surface area contributed by atoms with Crippen molar-refractivity contribution in [3.63, 3.8) is 0 Å². The van der Waals surface area contributed by atoms with Gasteiger partial charge in [0.2, 0.25) is 0 Å². The molecule has 0 heterocycles. The van der Waals surface area contributed by atoms with E-state index in [2.05, 4.69) is 39.0 Å². The molecular formula is C26H36O4. The Kier molecular flexibility index (Phi) is 5.48.